The normalized spacial score (nSPS) is 10.2. The molecule has 1 aromatic carbocycles. The van der Waals surface area contributed by atoms with Crippen molar-refractivity contribution in [1.82, 2.24) is 9.55 Å². The summed E-state index contributed by atoms with van der Waals surface area (Å²) in [4.78, 5) is 14.1. The smallest absolute Gasteiger partial charge is 0.406 e. The van der Waals surface area contributed by atoms with Gasteiger partial charge in [-0.2, -0.15) is 0 Å². The van der Waals surface area contributed by atoms with Gasteiger partial charge in [0.1, 0.15) is 11.5 Å². The molecule has 0 unspecified atom stereocenters. The quantitative estimate of drug-likeness (QED) is 0.665. The number of aryl methyl sites for hydroxylation is 1. The molecule has 2 aromatic rings. The highest BCUT2D eigenvalue weighted by atomic mass is 16.6. The molecule has 0 bridgehead atoms. The molecule has 106 valence electrons. The Balaban J connectivity index is 2.39. The minimum Gasteiger partial charge on any atom is -0.497 e. The predicted molar refractivity (Wildman–Crippen MR) is 72.7 cm³/mol. The van der Waals surface area contributed by atoms with Gasteiger partial charge in [0.25, 0.3) is 0 Å². The van der Waals surface area contributed by atoms with Gasteiger partial charge in [0.05, 0.1) is 14.2 Å². The van der Waals surface area contributed by atoms with E-state index in [0.29, 0.717) is 17.2 Å². The van der Waals surface area contributed by atoms with Crippen molar-refractivity contribution in [2.45, 2.75) is 0 Å². The summed E-state index contributed by atoms with van der Waals surface area (Å²) in [6.07, 6.45) is 1.37. The molecule has 1 heterocycles. The van der Waals surface area contributed by atoms with Crippen LogP contribution >= 0.6 is 0 Å². The van der Waals surface area contributed by atoms with Crippen molar-refractivity contribution in [3.8, 4) is 11.5 Å². The molecule has 0 aliphatic heterocycles. The number of imidazole rings is 1. The summed E-state index contributed by atoms with van der Waals surface area (Å²) >= 11 is 0. The van der Waals surface area contributed by atoms with Crippen molar-refractivity contribution >= 4 is 17.3 Å². The zero-order valence-electron chi connectivity index (χ0n) is 11.3. The maximum Gasteiger partial charge on any atom is 0.406 e. The fourth-order valence-electron chi connectivity index (χ4n) is 1.71. The Labute approximate surface area is 115 Å². The van der Waals surface area contributed by atoms with Gasteiger partial charge < -0.3 is 24.9 Å². The molecule has 0 amide bonds. The molecule has 8 nitrogen and oxygen atoms in total. The van der Waals surface area contributed by atoms with E-state index >= 15 is 0 Å². The van der Waals surface area contributed by atoms with Crippen LogP contribution in [0.1, 0.15) is 0 Å². The SMILES string of the molecule is COc1cc(Nc2c([N+](=O)[O-])ncn2C)cc(OC)c1. The van der Waals surface area contributed by atoms with Gasteiger partial charge >= 0.3 is 5.82 Å². The second-order valence-electron chi connectivity index (χ2n) is 4.01. The lowest BCUT2D eigenvalue weighted by molar-refractivity contribution is -0.388. The van der Waals surface area contributed by atoms with Gasteiger partial charge in [0.2, 0.25) is 12.1 Å². The van der Waals surface area contributed by atoms with Crippen LogP contribution in [-0.4, -0.2) is 28.7 Å². The third-order valence-electron chi connectivity index (χ3n) is 2.70. The number of benzene rings is 1. The van der Waals surface area contributed by atoms with E-state index in [-0.39, 0.29) is 11.6 Å². The second kappa shape index (κ2) is 5.47. The predicted octanol–water partition coefficient (Wildman–Crippen LogP) is 2.09. The minimum atomic E-state index is -0.542. The molecule has 0 saturated carbocycles. The summed E-state index contributed by atoms with van der Waals surface area (Å²) in [6, 6.07) is 5.13. The van der Waals surface area contributed by atoms with E-state index in [1.807, 2.05) is 0 Å². The third-order valence-corrected chi connectivity index (χ3v) is 2.70. The fraction of sp³-hybridized carbons (Fsp3) is 0.250. The molecule has 0 aliphatic rings. The highest BCUT2D eigenvalue weighted by Gasteiger charge is 2.20. The molecular weight excluding hydrogens is 264 g/mol. The van der Waals surface area contributed by atoms with Gasteiger partial charge in [-0.3, -0.25) is 4.57 Å². The molecule has 0 radical (unpaired) electrons. The highest BCUT2D eigenvalue weighted by Crippen LogP contribution is 2.30. The largest absolute Gasteiger partial charge is 0.497 e. The number of hydrogen-bond acceptors (Lipinski definition) is 6. The van der Waals surface area contributed by atoms with Crippen molar-refractivity contribution in [3.63, 3.8) is 0 Å². The summed E-state index contributed by atoms with van der Waals surface area (Å²) in [6.45, 7) is 0. The average Bonchev–Trinajstić information content (AvgIpc) is 2.80. The van der Waals surface area contributed by atoms with Crippen molar-refractivity contribution in [3.05, 3.63) is 34.6 Å². The van der Waals surface area contributed by atoms with E-state index < -0.39 is 4.92 Å². The van der Waals surface area contributed by atoms with Crippen LogP contribution in [0.2, 0.25) is 0 Å². The molecule has 0 aliphatic carbocycles. The van der Waals surface area contributed by atoms with Crippen LogP contribution in [0.3, 0.4) is 0 Å². The van der Waals surface area contributed by atoms with Crippen molar-refractivity contribution in [2.24, 2.45) is 7.05 Å². The maximum atomic E-state index is 10.9. The number of nitro groups is 1. The minimum absolute atomic E-state index is 0.241. The molecule has 20 heavy (non-hydrogen) atoms. The molecule has 2 rings (SSSR count). The summed E-state index contributed by atoms with van der Waals surface area (Å²) in [5.41, 5.74) is 0.605. The van der Waals surface area contributed by atoms with E-state index in [2.05, 4.69) is 10.3 Å². The number of rotatable bonds is 5. The molecule has 0 spiro atoms. The van der Waals surface area contributed by atoms with Crippen LogP contribution in [0.25, 0.3) is 0 Å². The Hall–Kier alpha value is -2.77. The summed E-state index contributed by atoms with van der Waals surface area (Å²) in [7, 11) is 4.73. The van der Waals surface area contributed by atoms with E-state index in [9.17, 15) is 10.1 Å². The Kier molecular flexibility index (Phi) is 3.74. The van der Waals surface area contributed by atoms with E-state index in [0.717, 1.165) is 0 Å². The topological polar surface area (TPSA) is 91.5 Å². The number of nitrogens with zero attached hydrogens (tertiary/aromatic N) is 3. The molecule has 1 N–H and O–H groups in total. The first-order valence-electron chi connectivity index (χ1n) is 5.71. The molecular formula is C12H14N4O4. The first-order chi connectivity index (χ1) is 9.55. The number of anilines is 2. The number of aromatic nitrogens is 2. The molecule has 0 saturated heterocycles. The first kappa shape index (κ1) is 13.7. The summed E-state index contributed by atoms with van der Waals surface area (Å²) < 4.78 is 11.8. The Bertz CT molecular complexity index is 616. The van der Waals surface area contributed by atoms with Crippen molar-refractivity contribution < 1.29 is 14.4 Å². The maximum absolute atomic E-state index is 10.9. The summed E-state index contributed by atoms with van der Waals surface area (Å²) in [5, 5.41) is 13.9. The zero-order chi connectivity index (χ0) is 14.7. The Morgan fingerprint density at radius 3 is 2.35 bits per heavy atom. The monoisotopic (exact) mass is 278 g/mol. The van der Waals surface area contributed by atoms with E-state index in [4.69, 9.17) is 9.47 Å². The number of nitrogens with one attached hydrogen (secondary N) is 1. The van der Waals surface area contributed by atoms with Gasteiger partial charge in [0.15, 0.2) is 0 Å². The molecule has 8 heteroatoms. The lowest BCUT2D eigenvalue weighted by Crippen LogP contribution is -2.01. The fourth-order valence-corrected chi connectivity index (χ4v) is 1.71. The molecule has 1 aromatic heterocycles. The molecule has 0 fully saturated rings. The molecule has 0 atom stereocenters. The number of methoxy groups -OCH3 is 2. The van der Waals surface area contributed by atoms with Gasteiger partial charge in [-0.15, -0.1) is 0 Å². The van der Waals surface area contributed by atoms with Crippen LogP contribution in [0, 0.1) is 10.1 Å². The van der Waals surface area contributed by atoms with Gasteiger partial charge in [-0.05, 0) is 9.91 Å². The van der Waals surface area contributed by atoms with Crippen LogP contribution in [-0.2, 0) is 7.05 Å². The zero-order valence-corrected chi connectivity index (χ0v) is 11.3. The average molecular weight is 278 g/mol. The number of hydrogen-bond donors (Lipinski definition) is 1. The van der Waals surface area contributed by atoms with Crippen LogP contribution in [0.5, 0.6) is 11.5 Å². The number of ether oxygens (including phenoxy) is 2. The second-order valence-corrected chi connectivity index (χ2v) is 4.01. The standard InChI is InChI=1S/C12H14N4O4/c1-15-7-13-11(16(17)18)12(15)14-8-4-9(19-2)6-10(5-8)20-3/h4-7,14H,1-3H3. The Morgan fingerprint density at radius 1 is 1.25 bits per heavy atom. The lowest BCUT2D eigenvalue weighted by atomic mass is 10.2. The van der Waals surface area contributed by atoms with E-state index in [1.54, 1.807) is 25.2 Å². The Morgan fingerprint density at radius 2 is 1.85 bits per heavy atom. The highest BCUT2D eigenvalue weighted by molar-refractivity contribution is 5.66. The summed E-state index contributed by atoms with van der Waals surface area (Å²) in [5.74, 6) is 1.20. The van der Waals surface area contributed by atoms with Crippen molar-refractivity contribution in [2.75, 3.05) is 19.5 Å². The first-order valence-corrected chi connectivity index (χ1v) is 5.71. The van der Waals surface area contributed by atoms with Gasteiger partial charge in [-0.25, -0.2) is 0 Å². The van der Waals surface area contributed by atoms with Crippen LogP contribution in [0.4, 0.5) is 17.3 Å². The van der Waals surface area contributed by atoms with E-state index in [1.165, 1.54) is 25.1 Å². The van der Waals surface area contributed by atoms with Gasteiger partial charge in [0, 0.05) is 30.9 Å². The lowest BCUT2D eigenvalue weighted by Gasteiger charge is -2.10. The van der Waals surface area contributed by atoms with Crippen LogP contribution in [0.15, 0.2) is 24.5 Å². The van der Waals surface area contributed by atoms with Gasteiger partial charge in [-0.1, -0.05) is 0 Å². The third kappa shape index (κ3) is 2.63. The van der Waals surface area contributed by atoms with Crippen molar-refractivity contribution in [1.29, 1.82) is 0 Å². The van der Waals surface area contributed by atoms with Crippen LogP contribution < -0.4 is 14.8 Å².